The summed E-state index contributed by atoms with van der Waals surface area (Å²) in [5.41, 5.74) is 0. The van der Waals surface area contributed by atoms with Gasteiger partial charge in [0.05, 0.1) is 0 Å². The van der Waals surface area contributed by atoms with Crippen LogP contribution in [0.2, 0.25) is 0 Å². The van der Waals surface area contributed by atoms with Crippen LogP contribution in [0.4, 0.5) is 0 Å². The highest BCUT2D eigenvalue weighted by Crippen LogP contribution is 2.51. The second kappa shape index (κ2) is 4.82. The molecule has 4 nitrogen and oxygen atoms in total. The molecule has 16 heavy (non-hydrogen) atoms. The number of hydrogen-bond acceptors (Lipinski definition) is 3. The first-order valence-electron chi connectivity index (χ1n) is 3.28. The molecule has 0 atom stereocenters. The average Bonchev–Trinajstić information content (AvgIpc) is 2.47. The fourth-order valence-electron chi connectivity index (χ4n) is 0.574. The van der Waals surface area contributed by atoms with Crippen molar-refractivity contribution in [3.63, 3.8) is 0 Å². The first-order valence-corrected chi connectivity index (χ1v) is 6.31. The third kappa shape index (κ3) is 3.23. The Balaban J connectivity index is 3.13. The van der Waals surface area contributed by atoms with E-state index in [9.17, 15) is 0 Å². The highest BCUT2D eigenvalue weighted by atomic mass is 35.6. The summed E-state index contributed by atoms with van der Waals surface area (Å²) in [7, 11) is 0. The Morgan fingerprint density at radius 3 is 1.69 bits per heavy atom. The summed E-state index contributed by atoms with van der Waals surface area (Å²) in [6.45, 7) is 0. The van der Waals surface area contributed by atoms with Gasteiger partial charge < -0.3 is 0 Å². The Kier molecular flexibility index (Phi) is 4.65. The second-order valence-electron chi connectivity index (χ2n) is 2.44. The molecule has 0 aliphatic heterocycles. The zero-order valence-electron chi connectivity index (χ0n) is 6.81. The predicted molar refractivity (Wildman–Crippen MR) is 67.0 cm³/mol. The van der Waals surface area contributed by atoms with Crippen molar-refractivity contribution in [2.45, 2.75) is 12.0 Å². The van der Waals surface area contributed by atoms with Crippen LogP contribution in [0.15, 0.2) is 0 Å². The molecule has 0 amide bonds. The molecule has 1 aromatic heterocycles. The van der Waals surface area contributed by atoms with Crippen LogP contribution in [-0.4, -0.2) is 24.0 Å². The lowest BCUT2D eigenvalue weighted by atomic mass is 10.4. The van der Waals surface area contributed by atoms with E-state index in [1.54, 1.807) is 0 Å². The number of hydrogen-bond donors (Lipinski definition) is 0. The summed E-state index contributed by atoms with van der Waals surface area (Å²) in [5, 5.41) is 10.4. The van der Waals surface area contributed by atoms with E-state index in [0.717, 1.165) is 0 Å². The SMILES string of the molecule is ClC(Cl)(Cl)n1nnc(C(Cl)(Cl)C(Cl)(Cl)Cl)n1. The van der Waals surface area contributed by atoms with Crippen LogP contribution >= 0.6 is 92.8 Å². The minimum atomic E-state index is -2.07. The molecule has 0 radical (unpaired) electrons. The summed E-state index contributed by atoms with van der Waals surface area (Å²) in [6.07, 6.45) is 0. The molecule has 92 valence electrons. The number of nitrogens with zero attached hydrogens (tertiary/aromatic N) is 4. The summed E-state index contributed by atoms with van der Waals surface area (Å²) >= 11 is 44.6. The van der Waals surface area contributed by atoms with Crippen molar-refractivity contribution in [2.75, 3.05) is 0 Å². The first kappa shape index (κ1) is 15.4. The molecular weight excluding hydrogens is 388 g/mol. The van der Waals surface area contributed by atoms with Gasteiger partial charge in [-0.25, -0.2) is 0 Å². The van der Waals surface area contributed by atoms with Gasteiger partial charge in [0.15, 0.2) is 0 Å². The van der Waals surface area contributed by atoms with Crippen molar-refractivity contribution >= 4 is 92.8 Å². The first-order chi connectivity index (χ1) is 6.96. The van der Waals surface area contributed by atoms with E-state index in [1.165, 1.54) is 0 Å². The van der Waals surface area contributed by atoms with Crippen molar-refractivity contribution < 1.29 is 0 Å². The number of rotatable bonds is 1. The quantitative estimate of drug-likeness (QED) is 0.685. The molecule has 0 aliphatic carbocycles. The van der Waals surface area contributed by atoms with Crippen LogP contribution < -0.4 is 0 Å². The number of aromatic nitrogens is 4. The van der Waals surface area contributed by atoms with Crippen LogP contribution in [0.1, 0.15) is 5.82 Å². The average molecular weight is 388 g/mol. The van der Waals surface area contributed by atoms with Gasteiger partial charge in [0.25, 0.3) is 0 Å². The lowest BCUT2D eigenvalue weighted by Crippen LogP contribution is -2.30. The van der Waals surface area contributed by atoms with Gasteiger partial charge in [0, 0.05) is 0 Å². The standard InChI is InChI=1S/C4Cl8N4/c5-2(6,3(7,8)9)1-13-15-16(14-1)4(10,11)12. The molecule has 1 heterocycles. The van der Waals surface area contributed by atoms with Crippen LogP contribution in [0, 0.1) is 0 Å². The van der Waals surface area contributed by atoms with Gasteiger partial charge in [-0.3, -0.25) is 0 Å². The largest absolute Gasteiger partial charge is 0.305 e. The molecule has 1 rings (SSSR count). The minimum Gasteiger partial charge on any atom is -0.129 e. The van der Waals surface area contributed by atoms with Crippen LogP contribution in [0.5, 0.6) is 0 Å². The lowest BCUT2D eigenvalue weighted by Gasteiger charge is -2.23. The van der Waals surface area contributed by atoms with Crippen molar-refractivity contribution in [3.05, 3.63) is 5.82 Å². The molecule has 0 aliphatic rings. The zero-order valence-corrected chi connectivity index (χ0v) is 12.9. The zero-order chi connectivity index (χ0) is 12.8. The van der Waals surface area contributed by atoms with Crippen molar-refractivity contribution in [2.24, 2.45) is 0 Å². The Labute approximate surface area is 130 Å². The molecule has 0 spiro atoms. The molecule has 12 heteroatoms. The molecule has 0 fully saturated rings. The van der Waals surface area contributed by atoms with Crippen molar-refractivity contribution in [1.29, 1.82) is 0 Å². The fourth-order valence-corrected chi connectivity index (χ4v) is 1.19. The Morgan fingerprint density at radius 2 is 1.38 bits per heavy atom. The van der Waals surface area contributed by atoms with Crippen LogP contribution in [0.3, 0.4) is 0 Å². The Hall–Kier alpha value is 1.39. The molecule has 1 aromatic rings. The van der Waals surface area contributed by atoms with E-state index in [-0.39, 0.29) is 5.82 Å². The maximum absolute atomic E-state index is 5.76. The molecule has 0 aromatic carbocycles. The third-order valence-corrected chi connectivity index (χ3v) is 4.07. The molecule has 0 N–H and O–H groups in total. The van der Waals surface area contributed by atoms with E-state index >= 15 is 0 Å². The highest BCUT2D eigenvalue weighted by Gasteiger charge is 2.51. The monoisotopic (exact) mass is 384 g/mol. The maximum atomic E-state index is 5.76. The van der Waals surface area contributed by atoms with Gasteiger partial charge in [-0.1, -0.05) is 92.8 Å². The van der Waals surface area contributed by atoms with Crippen LogP contribution in [-0.2, 0) is 8.25 Å². The van der Waals surface area contributed by atoms with E-state index < -0.39 is 12.0 Å². The van der Waals surface area contributed by atoms with Gasteiger partial charge in [0.2, 0.25) is 14.0 Å². The van der Waals surface area contributed by atoms with E-state index in [2.05, 4.69) is 15.4 Å². The summed E-state index contributed by atoms with van der Waals surface area (Å²) in [4.78, 5) is 0.642. The molecular formula is C4Cl8N4. The van der Waals surface area contributed by atoms with Gasteiger partial charge >= 0.3 is 3.92 Å². The molecule has 0 saturated heterocycles. The van der Waals surface area contributed by atoms with Gasteiger partial charge in [-0.2, -0.15) is 0 Å². The van der Waals surface area contributed by atoms with Gasteiger partial charge in [0.1, 0.15) is 0 Å². The third-order valence-electron chi connectivity index (χ3n) is 1.28. The van der Waals surface area contributed by atoms with Crippen LogP contribution in [0.25, 0.3) is 0 Å². The maximum Gasteiger partial charge on any atom is 0.305 e. The topological polar surface area (TPSA) is 43.6 Å². The van der Waals surface area contributed by atoms with Gasteiger partial charge in [-0.15, -0.1) is 15.0 Å². The number of halogens is 8. The summed E-state index contributed by atoms with van der Waals surface area (Å²) < 4.78 is -6.04. The molecule has 0 bridgehead atoms. The van der Waals surface area contributed by atoms with E-state index in [1.807, 2.05) is 0 Å². The van der Waals surface area contributed by atoms with E-state index in [0.29, 0.717) is 4.80 Å². The number of tetrazole rings is 1. The van der Waals surface area contributed by atoms with E-state index in [4.69, 9.17) is 92.8 Å². The fraction of sp³-hybridized carbons (Fsp3) is 0.750. The number of alkyl halides is 8. The second-order valence-corrected chi connectivity index (χ2v) is 8.27. The smallest absolute Gasteiger partial charge is 0.129 e. The Bertz CT molecular complexity index is 374. The highest BCUT2D eigenvalue weighted by molar-refractivity contribution is 6.75. The summed E-state index contributed by atoms with van der Waals surface area (Å²) in [6, 6.07) is 0. The van der Waals surface area contributed by atoms with Crippen molar-refractivity contribution in [3.8, 4) is 0 Å². The summed E-state index contributed by atoms with van der Waals surface area (Å²) in [5.74, 6) is -0.304. The molecule has 0 saturated carbocycles. The minimum absolute atomic E-state index is 0.304. The lowest BCUT2D eigenvalue weighted by molar-refractivity contribution is 0.556. The van der Waals surface area contributed by atoms with Gasteiger partial charge in [-0.05, 0) is 5.21 Å². The normalized spacial score (nSPS) is 14.2. The van der Waals surface area contributed by atoms with Crippen molar-refractivity contribution in [1.82, 2.24) is 20.2 Å². The Morgan fingerprint density at radius 1 is 0.875 bits per heavy atom. The predicted octanol–water partition coefficient (Wildman–Crippen LogP) is 3.96. The molecule has 0 unspecified atom stereocenters.